The van der Waals surface area contributed by atoms with Crippen LogP contribution < -0.4 is 5.32 Å². The molecule has 2 amide bonds. The highest BCUT2D eigenvalue weighted by Crippen LogP contribution is 2.58. The molecular weight excluding hydrogens is 394 g/mol. The van der Waals surface area contributed by atoms with E-state index < -0.39 is 35.6 Å². The number of nitrogens with one attached hydrogen (secondary N) is 1. The lowest BCUT2D eigenvalue weighted by molar-refractivity contribution is -0.154. The number of fused-ring (bicyclic) bond motifs is 1. The summed E-state index contributed by atoms with van der Waals surface area (Å²) < 4.78 is 16.7. The number of β-amino-alcohol motifs (C(OH)–C–C–N with tert-alkyl or cyclic N) is 1. The predicted octanol–water partition coefficient (Wildman–Crippen LogP) is -1.64. The maximum absolute atomic E-state index is 13.2. The van der Waals surface area contributed by atoms with Crippen LogP contribution in [0.2, 0.25) is 0 Å². The fourth-order valence-electron chi connectivity index (χ4n) is 5.57. The van der Waals surface area contributed by atoms with Crippen LogP contribution in [0.25, 0.3) is 0 Å². The van der Waals surface area contributed by atoms with Gasteiger partial charge in [0.25, 0.3) is 0 Å². The molecule has 0 aliphatic carbocycles. The fourth-order valence-corrected chi connectivity index (χ4v) is 5.57. The summed E-state index contributed by atoms with van der Waals surface area (Å²) in [5.41, 5.74) is -1.03. The number of esters is 1. The van der Waals surface area contributed by atoms with Crippen LogP contribution in [0.4, 0.5) is 0 Å². The van der Waals surface area contributed by atoms with E-state index in [-0.39, 0.29) is 31.6 Å². The van der Waals surface area contributed by atoms with Crippen LogP contribution in [0.3, 0.4) is 0 Å². The van der Waals surface area contributed by atoms with Crippen molar-refractivity contribution in [2.75, 3.05) is 59.2 Å². The third kappa shape index (κ3) is 3.49. The summed E-state index contributed by atoms with van der Waals surface area (Å²) in [4.78, 5) is 42.6. The zero-order valence-corrected chi connectivity index (χ0v) is 17.4. The molecular formula is C20H31N3O7. The van der Waals surface area contributed by atoms with E-state index in [1.54, 1.807) is 6.92 Å². The van der Waals surface area contributed by atoms with Gasteiger partial charge in [0.15, 0.2) is 0 Å². The highest BCUT2D eigenvalue weighted by Gasteiger charge is 2.74. The Kier molecular flexibility index (Phi) is 6.29. The topological polar surface area (TPSA) is 118 Å². The van der Waals surface area contributed by atoms with Gasteiger partial charge in [0.05, 0.1) is 44.4 Å². The Hall–Kier alpha value is -1.75. The van der Waals surface area contributed by atoms with Gasteiger partial charge in [-0.3, -0.25) is 19.3 Å². The van der Waals surface area contributed by atoms with Crippen LogP contribution in [-0.2, 0) is 28.6 Å². The van der Waals surface area contributed by atoms with E-state index in [4.69, 9.17) is 14.2 Å². The van der Waals surface area contributed by atoms with Crippen molar-refractivity contribution in [3.63, 3.8) is 0 Å². The number of carbonyl (C=O) groups excluding carboxylic acids is 3. The van der Waals surface area contributed by atoms with Crippen molar-refractivity contribution < 1.29 is 33.7 Å². The van der Waals surface area contributed by atoms with Crippen LogP contribution in [0.15, 0.2) is 0 Å². The van der Waals surface area contributed by atoms with Gasteiger partial charge in [0.2, 0.25) is 11.8 Å². The van der Waals surface area contributed by atoms with Gasteiger partial charge in [-0.25, -0.2) is 0 Å². The lowest BCUT2D eigenvalue weighted by atomic mass is 9.71. The molecule has 0 saturated carbocycles. The molecule has 2 bridgehead atoms. The van der Waals surface area contributed by atoms with Gasteiger partial charge in [-0.05, 0) is 19.8 Å². The zero-order chi connectivity index (χ0) is 21.3. The van der Waals surface area contributed by atoms with Crippen LogP contribution >= 0.6 is 0 Å². The number of aliphatic hydroxyl groups excluding tert-OH is 1. The Morgan fingerprint density at radius 3 is 2.77 bits per heavy atom. The summed E-state index contributed by atoms with van der Waals surface area (Å²) >= 11 is 0. The minimum absolute atomic E-state index is 0.0300. The summed E-state index contributed by atoms with van der Waals surface area (Å²) in [7, 11) is 0. The Labute approximate surface area is 175 Å². The third-order valence-corrected chi connectivity index (χ3v) is 6.78. The van der Waals surface area contributed by atoms with E-state index in [0.717, 1.165) is 13.1 Å². The summed E-state index contributed by atoms with van der Waals surface area (Å²) in [5.74, 6) is -2.48. The van der Waals surface area contributed by atoms with Crippen molar-refractivity contribution in [2.24, 2.45) is 11.8 Å². The second kappa shape index (κ2) is 8.78. The van der Waals surface area contributed by atoms with Gasteiger partial charge in [-0.2, -0.15) is 0 Å². The van der Waals surface area contributed by atoms with Crippen molar-refractivity contribution in [1.29, 1.82) is 0 Å². The van der Waals surface area contributed by atoms with Crippen molar-refractivity contribution >= 4 is 17.8 Å². The second-order valence-electron chi connectivity index (χ2n) is 8.31. The standard InChI is InChI=1S/C20H31N3O7/c1-2-29-19(27)14-13-3-4-20(30-13)15(14)18(26)23(7-10-24)16(20)17(25)21-5-6-22-8-11-28-12-9-22/h13-16,24H,2-12H2,1H3,(H,21,25)/t13-,14+,15+,16-,20+/m1/s1. The lowest BCUT2D eigenvalue weighted by Gasteiger charge is -2.33. The van der Waals surface area contributed by atoms with Gasteiger partial charge in [-0.1, -0.05) is 0 Å². The fraction of sp³-hybridized carbons (Fsp3) is 0.850. The van der Waals surface area contributed by atoms with Crippen LogP contribution in [0, 0.1) is 11.8 Å². The second-order valence-corrected chi connectivity index (χ2v) is 8.31. The number of morpholine rings is 1. The van der Waals surface area contributed by atoms with E-state index in [1.165, 1.54) is 4.90 Å². The van der Waals surface area contributed by atoms with Gasteiger partial charge in [0.1, 0.15) is 11.6 Å². The van der Waals surface area contributed by atoms with E-state index in [2.05, 4.69) is 10.2 Å². The van der Waals surface area contributed by atoms with E-state index >= 15 is 0 Å². The normalized spacial score (nSPS) is 35.5. The summed E-state index contributed by atoms with van der Waals surface area (Å²) in [5, 5.41) is 12.5. The molecule has 0 aromatic heterocycles. The first-order valence-electron chi connectivity index (χ1n) is 10.9. The molecule has 5 atom stereocenters. The Balaban J connectivity index is 1.50. The van der Waals surface area contributed by atoms with Gasteiger partial charge >= 0.3 is 5.97 Å². The Morgan fingerprint density at radius 1 is 1.30 bits per heavy atom. The maximum Gasteiger partial charge on any atom is 0.312 e. The molecule has 1 spiro atoms. The number of carbonyl (C=O) groups is 3. The number of hydrogen-bond donors (Lipinski definition) is 2. The average molecular weight is 425 g/mol. The molecule has 2 N–H and O–H groups in total. The Bertz CT molecular complexity index is 683. The molecule has 168 valence electrons. The molecule has 0 unspecified atom stereocenters. The minimum atomic E-state index is -1.03. The monoisotopic (exact) mass is 425 g/mol. The first kappa shape index (κ1) is 21.5. The largest absolute Gasteiger partial charge is 0.466 e. The van der Waals surface area contributed by atoms with Crippen molar-refractivity contribution in [3.05, 3.63) is 0 Å². The third-order valence-electron chi connectivity index (χ3n) is 6.78. The van der Waals surface area contributed by atoms with Crippen LogP contribution in [-0.4, -0.2) is 110 Å². The zero-order valence-electron chi connectivity index (χ0n) is 17.4. The lowest BCUT2D eigenvalue weighted by Crippen LogP contribution is -2.56. The molecule has 10 nitrogen and oxygen atoms in total. The SMILES string of the molecule is CCOC(=O)[C@@H]1[C@H]2C(=O)N(CCO)[C@H](C(=O)NCCN3CCOCC3)[C@]23CC[C@H]1O3. The molecule has 0 radical (unpaired) electrons. The number of amides is 2. The number of nitrogens with zero attached hydrogens (tertiary/aromatic N) is 2. The molecule has 4 saturated heterocycles. The van der Waals surface area contributed by atoms with Crippen LogP contribution in [0.5, 0.6) is 0 Å². The molecule has 10 heteroatoms. The number of likely N-dealkylation sites (tertiary alicyclic amines) is 1. The number of hydrogen-bond acceptors (Lipinski definition) is 8. The van der Waals surface area contributed by atoms with Crippen molar-refractivity contribution in [1.82, 2.24) is 15.1 Å². The van der Waals surface area contributed by atoms with E-state index in [9.17, 15) is 19.5 Å². The molecule has 4 rings (SSSR count). The summed E-state index contributed by atoms with van der Waals surface area (Å²) in [6, 6.07) is -0.851. The molecule has 0 aromatic carbocycles. The van der Waals surface area contributed by atoms with Crippen LogP contribution in [0.1, 0.15) is 19.8 Å². The number of aliphatic hydroxyl groups is 1. The first-order chi connectivity index (χ1) is 14.5. The van der Waals surface area contributed by atoms with E-state index in [1.807, 2.05) is 0 Å². The van der Waals surface area contributed by atoms with Gasteiger partial charge in [0, 0.05) is 32.7 Å². The number of rotatable bonds is 8. The molecule has 4 heterocycles. The molecule has 4 aliphatic rings. The first-order valence-corrected chi connectivity index (χ1v) is 10.9. The minimum Gasteiger partial charge on any atom is -0.466 e. The smallest absolute Gasteiger partial charge is 0.312 e. The summed E-state index contributed by atoms with van der Waals surface area (Å²) in [6.07, 6.45) is 0.739. The molecule has 30 heavy (non-hydrogen) atoms. The highest BCUT2D eigenvalue weighted by molar-refractivity contribution is 5.98. The van der Waals surface area contributed by atoms with Gasteiger partial charge < -0.3 is 29.5 Å². The summed E-state index contributed by atoms with van der Waals surface area (Å²) in [6.45, 7) is 5.88. The average Bonchev–Trinajstić information content (AvgIpc) is 3.37. The van der Waals surface area contributed by atoms with E-state index in [0.29, 0.717) is 39.1 Å². The maximum atomic E-state index is 13.2. The number of ether oxygens (including phenoxy) is 3. The molecule has 4 aliphatic heterocycles. The quantitative estimate of drug-likeness (QED) is 0.445. The molecule has 0 aromatic rings. The Morgan fingerprint density at radius 2 is 2.07 bits per heavy atom. The van der Waals surface area contributed by atoms with Crippen molar-refractivity contribution in [3.8, 4) is 0 Å². The van der Waals surface area contributed by atoms with Crippen molar-refractivity contribution in [2.45, 2.75) is 37.5 Å². The molecule has 4 fully saturated rings. The highest BCUT2D eigenvalue weighted by atomic mass is 16.6. The van der Waals surface area contributed by atoms with Gasteiger partial charge in [-0.15, -0.1) is 0 Å². The predicted molar refractivity (Wildman–Crippen MR) is 103 cm³/mol.